The molecule has 0 aromatic heterocycles. The lowest BCUT2D eigenvalue weighted by molar-refractivity contribution is 0.318. The van der Waals surface area contributed by atoms with E-state index in [2.05, 4.69) is 6.92 Å². The lowest BCUT2D eigenvalue weighted by Crippen LogP contribution is -2.11. The fraction of sp³-hybridized carbons (Fsp3) is 1.00. The largest absolute Gasteiger partial charge is 0.397 e. The van der Waals surface area contributed by atoms with Gasteiger partial charge in [0.15, 0.2) is 0 Å². The Labute approximate surface area is 88.8 Å². The molecule has 0 spiro atoms. The molecule has 0 fully saturated rings. The van der Waals surface area contributed by atoms with Crippen LogP contribution in [0.3, 0.4) is 0 Å². The smallest absolute Gasteiger partial charge is 0.0402 e. The summed E-state index contributed by atoms with van der Waals surface area (Å²) in [6.45, 7) is 9.87. The second-order valence-corrected chi connectivity index (χ2v) is 2.33. The summed E-state index contributed by atoms with van der Waals surface area (Å²) in [4.78, 5) is 0. The minimum Gasteiger partial charge on any atom is -0.397 e. The van der Waals surface area contributed by atoms with Crippen molar-refractivity contribution in [2.24, 2.45) is 5.73 Å². The van der Waals surface area contributed by atoms with Gasteiger partial charge < -0.3 is 21.1 Å². The first-order valence-electron chi connectivity index (χ1n) is 5.10. The highest BCUT2D eigenvalue weighted by atomic mass is 16.3. The Hall–Kier alpha value is -0.160. The van der Waals surface area contributed by atoms with Crippen molar-refractivity contribution in [1.82, 2.24) is 0 Å². The van der Waals surface area contributed by atoms with Crippen molar-refractivity contribution in [2.75, 3.05) is 19.8 Å². The van der Waals surface area contributed by atoms with Gasteiger partial charge in [0, 0.05) is 25.9 Å². The molecule has 14 heavy (non-hydrogen) atoms. The molecule has 1 unspecified atom stereocenters. The number of nitrogens with two attached hydrogens (primary N) is 1. The van der Waals surface area contributed by atoms with Crippen LogP contribution in [0.15, 0.2) is 0 Å². The van der Waals surface area contributed by atoms with Gasteiger partial charge >= 0.3 is 0 Å². The fourth-order valence-corrected chi connectivity index (χ4v) is 0. The summed E-state index contributed by atoms with van der Waals surface area (Å²) in [6.07, 6.45) is 1.08. The number of rotatable bonds is 1. The number of aliphatic hydroxyl groups is 3. The van der Waals surface area contributed by atoms with Gasteiger partial charge in [-0.05, 0) is 34.1 Å². The molecular weight excluding hydrogens is 182 g/mol. The third-order valence-corrected chi connectivity index (χ3v) is 0.644. The predicted molar refractivity (Wildman–Crippen MR) is 62.2 cm³/mol. The molecule has 0 aromatic carbocycles. The molecule has 4 heteroatoms. The minimum absolute atomic E-state index is 0.250. The Morgan fingerprint density at radius 3 is 0.929 bits per heavy atom. The average molecular weight is 211 g/mol. The Balaban J connectivity index is -0.0000000495. The summed E-state index contributed by atoms with van der Waals surface area (Å²) in [5.41, 5.74) is 5.29. The zero-order chi connectivity index (χ0) is 12.4. The topological polar surface area (TPSA) is 86.7 Å². The van der Waals surface area contributed by atoms with Gasteiger partial charge in [0.25, 0.3) is 0 Å². The molecule has 0 aliphatic rings. The van der Waals surface area contributed by atoms with Crippen molar-refractivity contribution in [2.45, 2.75) is 47.1 Å². The van der Waals surface area contributed by atoms with E-state index in [0.29, 0.717) is 6.04 Å². The van der Waals surface area contributed by atoms with Crippen LogP contribution in [0.25, 0.3) is 0 Å². The Kier molecular flexibility index (Phi) is 64.8. The van der Waals surface area contributed by atoms with E-state index in [1.807, 2.05) is 6.92 Å². The van der Waals surface area contributed by atoms with Crippen LogP contribution in [0.1, 0.15) is 41.0 Å². The molecule has 0 rings (SSSR count). The molecule has 0 saturated heterocycles. The SMILES string of the molecule is CCC(C)N.CCO.CCO.CCO. The Bertz CT molecular complexity index is 47.9. The average Bonchev–Trinajstić information content (AvgIpc) is 2.08. The van der Waals surface area contributed by atoms with Crippen molar-refractivity contribution in [1.29, 1.82) is 0 Å². The Morgan fingerprint density at radius 2 is 0.929 bits per heavy atom. The summed E-state index contributed by atoms with van der Waals surface area (Å²) < 4.78 is 0. The predicted octanol–water partition coefficient (Wildman–Crippen LogP) is 0.739. The molecule has 0 radical (unpaired) electrons. The number of aliphatic hydroxyl groups excluding tert-OH is 3. The molecule has 92 valence electrons. The normalized spacial score (nSPS) is 9.21. The number of hydrogen-bond donors (Lipinski definition) is 4. The van der Waals surface area contributed by atoms with Crippen molar-refractivity contribution in [3.63, 3.8) is 0 Å². The fourth-order valence-electron chi connectivity index (χ4n) is 0. The second-order valence-electron chi connectivity index (χ2n) is 2.33. The summed E-state index contributed by atoms with van der Waals surface area (Å²) in [5.74, 6) is 0. The van der Waals surface area contributed by atoms with Gasteiger partial charge in [0.1, 0.15) is 0 Å². The lowest BCUT2D eigenvalue weighted by Gasteiger charge is -1.91. The maximum atomic E-state index is 7.57. The van der Waals surface area contributed by atoms with Gasteiger partial charge in [-0.25, -0.2) is 0 Å². The summed E-state index contributed by atoms with van der Waals surface area (Å²) in [5, 5.41) is 22.7. The first-order valence-corrected chi connectivity index (χ1v) is 5.10. The lowest BCUT2D eigenvalue weighted by atomic mass is 10.3. The highest BCUT2D eigenvalue weighted by Crippen LogP contribution is 1.77. The van der Waals surface area contributed by atoms with Crippen LogP contribution in [-0.4, -0.2) is 41.2 Å². The van der Waals surface area contributed by atoms with E-state index < -0.39 is 0 Å². The van der Waals surface area contributed by atoms with Gasteiger partial charge in [-0.1, -0.05) is 6.92 Å². The first kappa shape index (κ1) is 23.6. The third kappa shape index (κ3) is 411. The van der Waals surface area contributed by atoms with E-state index in [1.54, 1.807) is 20.8 Å². The zero-order valence-corrected chi connectivity index (χ0v) is 10.3. The van der Waals surface area contributed by atoms with Crippen LogP contribution in [0, 0.1) is 0 Å². The van der Waals surface area contributed by atoms with E-state index in [-0.39, 0.29) is 19.8 Å². The van der Waals surface area contributed by atoms with Crippen molar-refractivity contribution in [3.8, 4) is 0 Å². The van der Waals surface area contributed by atoms with E-state index in [4.69, 9.17) is 21.1 Å². The van der Waals surface area contributed by atoms with Gasteiger partial charge in [0.2, 0.25) is 0 Å². The Morgan fingerprint density at radius 1 is 0.857 bits per heavy atom. The van der Waals surface area contributed by atoms with E-state index in [0.717, 1.165) is 6.42 Å². The second kappa shape index (κ2) is 38.5. The van der Waals surface area contributed by atoms with Crippen LogP contribution < -0.4 is 5.73 Å². The molecule has 0 bridgehead atoms. The monoisotopic (exact) mass is 211 g/mol. The highest BCUT2D eigenvalue weighted by Gasteiger charge is 1.79. The van der Waals surface area contributed by atoms with E-state index >= 15 is 0 Å². The van der Waals surface area contributed by atoms with Gasteiger partial charge in [-0.3, -0.25) is 0 Å². The molecule has 1 atom stereocenters. The maximum absolute atomic E-state index is 7.57. The van der Waals surface area contributed by atoms with Gasteiger partial charge in [-0.15, -0.1) is 0 Å². The standard InChI is InChI=1S/C4H11N.3C2H6O/c1-3-4(2)5;3*1-2-3/h4H,3,5H2,1-2H3;3*3H,2H2,1H3. The summed E-state index contributed by atoms with van der Waals surface area (Å²) in [6, 6.07) is 0.384. The molecule has 0 aromatic rings. The van der Waals surface area contributed by atoms with Crippen LogP contribution in [-0.2, 0) is 0 Å². The van der Waals surface area contributed by atoms with Crippen LogP contribution >= 0.6 is 0 Å². The quantitative estimate of drug-likeness (QED) is 0.515. The summed E-state index contributed by atoms with van der Waals surface area (Å²) in [7, 11) is 0. The minimum atomic E-state index is 0.250. The molecule has 0 saturated carbocycles. The van der Waals surface area contributed by atoms with Gasteiger partial charge in [-0.2, -0.15) is 0 Å². The molecule has 0 aliphatic heterocycles. The maximum Gasteiger partial charge on any atom is 0.0402 e. The van der Waals surface area contributed by atoms with E-state index in [9.17, 15) is 0 Å². The number of hydrogen-bond acceptors (Lipinski definition) is 4. The molecule has 5 N–H and O–H groups in total. The van der Waals surface area contributed by atoms with Crippen molar-refractivity contribution < 1.29 is 15.3 Å². The third-order valence-electron chi connectivity index (χ3n) is 0.644. The molecule has 0 aliphatic carbocycles. The summed E-state index contributed by atoms with van der Waals surface area (Å²) >= 11 is 0. The van der Waals surface area contributed by atoms with Crippen LogP contribution in [0.5, 0.6) is 0 Å². The zero-order valence-electron chi connectivity index (χ0n) is 10.3. The first-order chi connectivity index (χ1) is 6.51. The molecule has 0 amide bonds. The van der Waals surface area contributed by atoms with Gasteiger partial charge in [0.05, 0.1) is 0 Å². The van der Waals surface area contributed by atoms with Crippen LogP contribution in [0.4, 0.5) is 0 Å². The van der Waals surface area contributed by atoms with Crippen molar-refractivity contribution >= 4 is 0 Å². The van der Waals surface area contributed by atoms with Crippen molar-refractivity contribution in [3.05, 3.63) is 0 Å². The van der Waals surface area contributed by atoms with Crippen LogP contribution in [0.2, 0.25) is 0 Å². The molecule has 4 nitrogen and oxygen atoms in total. The van der Waals surface area contributed by atoms with E-state index in [1.165, 1.54) is 0 Å². The molecular formula is C10H29NO3. The highest BCUT2D eigenvalue weighted by molar-refractivity contribution is 4.43. The molecule has 0 heterocycles.